The summed E-state index contributed by atoms with van der Waals surface area (Å²) in [6.45, 7) is 6.63. The fraction of sp³-hybridized carbons (Fsp3) is 0.562. The monoisotopic (exact) mass is 294 g/mol. The molecule has 0 aliphatic carbocycles. The second kappa shape index (κ2) is 10.2. The zero-order chi connectivity index (χ0) is 15.5. The first-order valence-electron chi connectivity index (χ1n) is 7.40. The van der Waals surface area contributed by atoms with Crippen molar-refractivity contribution in [2.45, 2.75) is 39.3 Å². The standard InChI is InChI=1S/C16H26N2O3/c1-13(2)20-10-4-3-9-18-11-14-5-7-15(8-6-14)21-12-16(17)19/h5-8,13,18H,3-4,9-12H2,1-2H3,(H2,17,19). The molecular weight excluding hydrogens is 268 g/mol. The number of carbonyl (C=O) groups is 1. The Morgan fingerprint density at radius 2 is 1.95 bits per heavy atom. The predicted molar refractivity (Wildman–Crippen MR) is 83.2 cm³/mol. The number of primary amides is 1. The number of hydrogen-bond donors (Lipinski definition) is 2. The molecule has 3 N–H and O–H groups in total. The van der Waals surface area contributed by atoms with Gasteiger partial charge in [-0.25, -0.2) is 0 Å². The molecule has 0 atom stereocenters. The van der Waals surface area contributed by atoms with Crippen molar-refractivity contribution in [1.82, 2.24) is 5.32 Å². The van der Waals surface area contributed by atoms with E-state index in [1.54, 1.807) is 0 Å². The highest BCUT2D eigenvalue weighted by atomic mass is 16.5. The van der Waals surface area contributed by atoms with Crippen molar-refractivity contribution in [3.05, 3.63) is 29.8 Å². The maximum Gasteiger partial charge on any atom is 0.255 e. The van der Waals surface area contributed by atoms with Crippen molar-refractivity contribution in [3.8, 4) is 5.75 Å². The van der Waals surface area contributed by atoms with Crippen molar-refractivity contribution in [1.29, 1.82) is 0 Å². The minimum absolute atomic E-state index is 0.0873. The third-order valence-electron chi connectivity index (χ3n) is 2.83. The largest absolute Gasteiger partial charge is 0.484 e. The average molecular weight is 294 g/mol. The second-order valence-electron chi connectivity index (χ2n) is 5.20. The molecular formula is C16H26N2O3. The summed E-state index contributed by atoms with van der Waals surface area (Å²) in [4.78, 5) is 10.6. The van der Waals surface area contributed by atoms with Gasteiger partial charge in [0.2, 0.25) is 0 Å². The van der Waals surface area contributed by atoms with Crippen LogP contribution in [0.1, 0.15) is 32.3 Å². The molecule has 0 saturated carbocycles. The number of benzene rings is 1. The van der Waals surface area contributed by atoms with Crippen LogP contribution in [0.25, 0.3) is 0 Å². The summed E-state index contributed by atoms with van der Waals surface area (Å²) >= 11 is 0. The van der Waals surface area contributed by atoms with Gasteiger partial charge in [0.1, 0.15) is 5.75 Å². The number of carbonyl (C=O) groups excluding carboxylic acids is 1. The predicted octanol–water partition coefficient (Wildman–Crippen LogP) is 1.85. The molecule has 1 amide bonds. The minimum Gasteiger partial charge on any atom is -0.484 e. The third kappa shape index (κ3) is 9.05. The van der Waals surface area contributed by atoms with Gasteiger partial charge < -0.3 is 20.5 Å². The molecule has 0 radical (unpaired) electrons. The quantitative estimate of drug-likeness (QED) is 0.611. The number of nitrogens with two attached hydrogens (primary N) is 1. The average Bonchev–Trinajstić information content (AvgIpc) is 2.45. The highest BCUT2D eigenvalue weighted by Gasteiger charge is 1.98. The minimum atomic E-state index is -0.470. The van der Waals surface area contributed by atoms with Gasteiger partial charge in [0.05, 0.1) is 6.10 Å². The van der Waals surface area contributed by atoms with Gasteiger partial charge in [0.15, 0.2) is 6.61 Å². The molecule has 1 aromatic carbocycles. The SMILES string of the molecule is CC(C)OCCCCNCc1ccc(OCC(N)=O)cc1. The smallest absolute Gasteiger partial charge is 0.255 e. The van der Waals surface area contributed by atoms with Crippen molar-refractivity contribution in [2.75, 3.05) is 19.8 Å². The first kappa shape index (κ1) is 17.5. The van der Waals surface area contributed by atoms with Gasteiger partial charge in [0, 0.05) is 13.2 Å². The summed E-state index contributed by atoms with van der Waals surface area (Å²) in [6, 6.07) is 7.64. The van der Waals surface area contributed by atoms with Crippen molar-refractivity contribution in [3.63, 3.8) is 0 Å². The third-order valence-corrected chi connectivity index (χ3v) is 2.83. The summed E-state index contributed by atoms with van der Waals surface area (Å²) in [5.41, 5.74) is 6.20. The van der Waals surface area contributed by atoms with Crippen molar-refractivity contribution < 1.29 is 14.3 Å². The van der Waals surface area contributed by atoms with E-state index in [1.807, 2.05) is 24.3 Å². The number of rotatable bonds is 11. The van der Waals surface area contributed by atoms with E-state index < -0.39 is 5.91 Å². The normalized spacial score (nSPS) is 10.8. The summed E-state index contributed by atoms with van der Waals surface area (Å²) in [5, 5.41) is 3.39. The first-order chi connectivity index (χ1) is 10.1. The first-order valence-corrected chi connectivity index (χ1v) is 7.40. The van der Waals surface area contributed by atoms with Crippen molar-refractivity contribution >= 4 is 5.91 Å². The van der Waals surface area contributed by atoms with Crippen LogP contribution < -0.4 is 15.8 Å². The Labute approximate surface area is 126 Å². The molecule has 0 aromatic heterocycles. The number of hydrogen-bond acceptors (Lipinski definition) is 4. The topological polar surface area (TPSA) is 73.6 Å². The Hall–Kier alpha value is -1.59. The van der Waals surface area contributed by atoms with Gasteiger partial charge in [-0.2, -0.15) is 0 Å². The van der Waals surface area contributed by atoms with Crippen LogP contribution in [0.3, 0.4) is 0 Å². The molecule has 5 nitrogen and oxygen atoms in total. The van der Waals surface area contributed by atoms with Gasteiger partial charge in [-0.1, -0.05) is 12.1 Å². The van der Waals surface area contributed by atoms with Gasteiger partial charge in [-0.15, -0.1) is 0 Å². The lowest BCUT2D eigenvalue weighted by Crippen LogP contribution is -2.20. The summed E-state index contributed by atoms with van der Waals surface area (Å²) in [7, 11) is 0. The van der Waals surface area contributed by atoms with E-state index in [-0.39, 0.29) is 6.61 Å². The lowest BCUT2D eigenvalue weighted by molar-refractivity contribution is -0.119. The van der Waals surface area contributed by atoms with E-state index in [0.717, 1.165) is 32.5 Å². The molecule has 0 unspecified atom stereocenters. The van der Waals surface area contributed by atoms with E-state index in [1.165, 1.54) is 5.56 Å². The van der Waals surface area contributed by atoms with Gasteiger partial charge in [0.25, 0.3) is 5.91 Å². The van der Waals surface area contributed by atoms with E-state index in [2.05, 4.69) is 19.2 Å². The highest BCUT2D eigenvalue weighted by molar-refractivity contribution is 5.75. The van der Waals surface area contributed by atoms with Gasteiger partial charge >= 0.3 is 0 Å². The summed E-state index contributed by atoms with van der Waals surface area (Å²) < 4.78 is 10.7. The molecule has 0 bridgehead atoms. The zero-order valence-electron chi connectivity index (χ0n) is 12.9. The van der Waals surface area contributed by atoms with Crippen LogP contribution in [-0.2, 0) is 16.1 Å². The molecule has 21 heavy (non-hydrogen) atoms. The van der Waals surface area contributed by atoms with E-state index in [9.17, 15) is 4.79 Å². The highest BCUT2D eigenvalue weighted by Crippen LogP contribution is 2.11. The van der Waals surface area contributed by atoms with Gasteiger partial charge in [-0.3, -0.25) is 4.79 Å². The fourth-order valence-electron chi connectivity index (χ4n) is 1.76. The Balaban J connectivity index is 2.11. The van der Waals surface area contributed by atoms with Crippen LogP contribution in [0.2, 0.25) is 0 Å². The Morgan fingerprint density at radius 3 is 2.57 bits per heavy atom. The Bertz CT molecular complexity index is 404. The van der Waals surface area contributed by atoms with Gasteiger partial charge in [-0.05, 0) is 50.9 Å². The van der Waals surface area contributed by atoms with Crippen LogP contribution in [0.15, 0.2) is 24.3 Å². The van der Waals surface area contributed by atoms with Crippen LogP contribution in [0, 0.1) is 0 Å². The number of nitrogens with one attached hydrogen (secondary N) is 1. The number of amides is 1. The van der Waals surface area contributed by atoms with Crippen LogP contribution in [-0.4, -0.2) is 31.8 Å². The lowest BCUT2D eigenvalue weighted by atomic mass is 10.2. The molecule has 1 aromatic rings. The Kier molecular flexibility index (Phi) is 8.47. The van der Waals surface area contributed by atoms with E-state index in [0.29, 0.717) is 11.9 Å². The van der Waals surface area contributed by atoms with E-state index in [4.69, 9.17) is 15.2 Å². The molecule has 0 heterocycles. The molecule has 5 heteroatoms. The number of unbranched alkanes of at least 4 members (excludes halogenated alkanes) is 1. The fourth-order valence-corrected chi connectivity index (χ4v) is 1.76. The van der Waals surface area contributed by atoms with Crippen LogP contribution >= 0.6 is 0 Å². The van der Waals surface area contributed by atoms with Crippen molar-refractivity contribution in [2.24, 2.45) is 5.73 Å². The van der Waals surface area contributed by atoms with E-state index >= 15 is 0 Å². The maximum atomic E-state index is 10.6. The molecule has 0 aliphatic heterocycles. The zero-order valence-corrected chi connectivity index (χ0v) is 12.9. The molecule has 1 rings (SSSR count). The summed E-state index contributed by atoms with van der Waals surface area (Å²) in [6.07, 6.45) is 2.49. The molecule has 0 saturated heterocycles. The second-order valence-corrected chi connectivity index (χ2v) is 5.20. The molecule has 0 spiro atoms. The molecule has 118 valence electrons. The molecule has 0 fully saturated rings. The molecule has 0 aliphatic rings. The Morgan fingerprint density at radius 1 is 1.24 bits per heavy atom. The summed E-state index contributed by atoms with van der Waals surface area (Å²) in [5.74, 6) is 0.186. The number of ether oxygens (including phenoxy) is 2. The lowest BCUT2D eigenvalue weighted by Gasteiger charge is -2.08. The van der Waals surface area contributed by atoms with Crippen LogP contribution in [0.5, 0.6) is 5.75 Å². The maximum absolute atomic E-state index is 10.6. The van der Waals surface area contributed by atoms with Crippen LogP contribution in [0.4, 0.5) is 0 Å².